The summed E-state index contributed by atoms with van der Waals surface area (Å²) in [5.74, 6) is 6.83. The first kappa shape index (κ1) is 20.1. The standard InChI is InChI=1S/C22H22N4O3/c1-15(25-17(3)27)10-19-7-4-18(5-8-19)6-9-20-12-23-22(24-13-20)28-14-21-11-16(2)29-26-21/h4-5,7-8,11-13,15H,10,14H2,1-3H3,(H,25,27). The van der Waals surface area contributed by atoms with E-state index in [9.17, 15) is 4.79 Å². The van der Waals surface area contributed by atoms with Gasteiger partial charge in [0.05, 0.1) is 5.56 Å². The van der Waals surface area contributed by atoms with E-state index in [1.165, 1.54) is 6.92 Å². The third kappa shape index (κ3) is 6.47. The average molecular weight is 390 g/mol. The highest BCUT2D eigenvalue weighted by Gasteiger charge is 2.05. The van der Waals surface area contributed by atoms with E-state index in [1.54, 1.807) is 18.5 Å². The molecule has 0 aliphatic carbocycles. The molecule has 0 aliphatic heterocycles. The van der Waals surface area contributed by atoms with Gasteiger partial charge in [-0.2, -0.15) is 0 Å². The van der Waals surface area contributed by atoms with Gasteiger partial charge in [0.1, 0.15) is 18.1 Å². The molecule has 1 N–H and O–H groups in total. The Kier molecular flexibility index (Phi) is 6.59. The van der Waals surface area contributed by atoms with E-state index in [0.29, 0.717) is 11.3 Å². The quantitative estimate of drug-likeness (QED) is 0.651. The van der Waals surface area contributed by atoms with Crippen LogP contribution in [0.25, 0.3) is 0 Å². The van der Waals surface area contributed by atoms with Crippen molar-refractivity contribution < 1.29 is 14.1 Å². The molecule has 0 radical (unpaired) electrons. The van der Waals surface area contributed by atoms with Gasteiger partial charge in [0.15, 0.2) is 0 Å². The van der Waals surface area contributed by atoms with Crippen molar-refractivity contribution in [2.45, 2.75) is 39.8 Å². The lowest BCUT2D eigenvalue weighted by atomic mass is 10.1. The van der Waals surface area contributed by atoms with Crippen molar-refractivity contribution in [3.8, 4) is 17.9 Å². The molecule has 0 saturated carbocycles. The fraction of sp³-hybridized carbons (Fsp3) is 0.273. The van der Waals surface area contributed by atoms with Gasteiger partial charge in [-0.3, -0.25) is 4.79 Å². The molecule has 3 rings (SSSR count). The monoisotopic (exact) mass is 390 g/mol. The molecule has 1 atom stereocenters. The van der Waals surface area contributed by atoms with Crippen LogP contribution in [0.5, 0.6) is 6.01 Å². The predicted molar refractivity (Wildman–Crippen MR) is 107 cm³/mol. The van der Waals surface area contributed by atoms with Gasteiger partial charge in [-0.25, -0.2) is 9.97 Å². The molecule has 7 heteroatoms. The second-order valence-corrected chi connectivity index (χ2v) is 6.72. The van der Waals surface area contributed by atoms with Crippen LogP contribution in [-0.2, 0) is 17.8 Å². The SMILES string of the molecule is CC(=O)NC(C)Cc1ccc(C#Cc2cnc(OCc3cc(C)on3)nc2)cc1. The Morgan fingerprint density at radius 2 is 1.86 bits per heavy atom. The van der Waals surface area contributed by atoms with E-state index < -0.39 is 0 Å². The zero-order chi connectivity index (χ0) is 20.6. The topological polar surface area (TPSA) is 90.1 Å². The first-order chi connectivity index (χ1) is 14.0. The van der Waals surface area contributed by atoms with Crippen LogP contribution >= 0.6 is 0 Å². The summed E-state index contributed by atoms with van der Waals surface area (Å²) >= 11 is 0. The Bertz CT molecular complexity index is 1010. The second kappa shape index (κ2) is 9.51. The minimum absolute atomic E-state index is 0.0214. The smallest absolute Gasteiger partial charge is 0.316 e. The number of carbonyl (C=O) groups is 1. The normalized spacial score (nSPS) is 11.3. The second-order valence-electron chi connectivity index (χ2n) is 6.72. The summed E-state index contributed by atoms with van der Waals surface area (Å²) in [6.45, 7) is 5.57. The molecule has 7 nitrogen and oxygen atoms in total. The van der Waals surface area contributed by atoms with Crippen LogP contribution in [0.15, 0.2) is 47.2 Å². The molecule has 1 amide bonds. The van der Waals surface area contributed by atoms with E-state index >= 15 is 0 Å². The number of aromatic nitrogens is 3. The van der Waals surface area contributed by atoms with Crippen molar-refractivity contribution >= 4 is 5.91 Å². The lowest BCUT2D eigenvalue weighted by Crippen LogP contribution is -2.31. The maximum atomic E-state index is 11.1. The van der Waals surface area contributed by atoms with Crippen molar-refractivity contribution in [3.63, 3.8) is 0 Å². The van der Waals surface area contributed by atoms with E-state index in [1.807, 2.05) is 38.1 Å². The predicted octanol–water partition coefficient (Wildman–Crippen LogP) is 2.82. The maximum absolute atomic E-state index is 11.1. The van der Waals surface area contributed by atoms with Gasteiger partial charge in [-0.05, 0) is 38.0 Å². The van der Waals surface area contributed by atoms with Gasteiger partial charge in [-0.1, -0.05) is 29.1 Å². The summed E-state index contributed by atoms with van der Waals surface area (Å²) < 4.78 is 10.5. The third-order valence-corrected chi connectivity index (χ3v) is 3.95. The number of aryl methyl sites for hydroxylation is 1. The van der Waals surface area contributed by atoms with E-state index in [2.05, 4.69) is 32.3 Å². The Labute approximate surface area is 169 Å². The first-order valence-corrected chi connectivity index (χ1v) is 9.23. The molecule has 2 aromatic heterocycles. The highest BCUT2D eigenvalue weighted by molar-refractivity contribution is 5.73. The zero-order valence-electron chi connectivity index (χ0n) is 16.6. The van der Waals surface area contributed by atoms with Gasteiger partial charge in [0.2, 0.25) is 5.91 Å². The number of benzene rings is 1. The van der Waals surface area contributed by atoms with Crippen LogP contribution in [0.3, 0.4) is 0 Å². The Morgan fingerprint density at radius 1 is 1.17 bits per heavy atom. The zero-order valence-corrected chi connectivity index (χ0v) is 16.6. The number of nitrogens with zero attached hydrogens (tertiary/aromatic N) is 3. The molecule has 2 heterocycles. The van der Waals surface area contributed by atoms with Crippen LogP contribution < -0.4 is 10.1 Å². The van der Waals surface area contributed by atoms with Gasteiger partial charge < -0.3 is 14.6 Å². The van der Waals surface area contributed by atoms with Crippen molar-refractivity contribution in [2.24, 2.45) is 0 Å². The summed E-state index contributed by atoms with van der Waals surface area (Å²) in [4.78, 5) is 19.4. The molecule has 3 aromatic rings. The summed E-state index contributed by atoms with van der Waals surface area (Å²) in [6.07, 6.45) is 4.01. The van der Waals surface area contributed by atoms with Gasteiger partial charge in [-0.15, -0.1) is 0 Å². The molecule has 29 heavy (non-hydrogen) atoms. The molecule has 0 saturated heterocycles. The fourth-order valence-corrected chi connectivity index (χ4v) is 2.70. The lowest BCUT2D eigenvalue weighted by molar-refractivity contribution is -0.119. The van der Waals surface area contributed by atoms with Crippen molar-refractivity contribution in [2.75, 3.05) is 0 Å². The molecule has 0 spiro atoms. The highest BCUT2D eigenvalue weighted by atomic mass is 16.5. The summed E-state index contributed by atoms with van der Waals surface area (Å²) in [7, 11) is 0. The van der Waals surface area contributed by atoms with E-state index in [4.69, 9.17) is 9.26 Å². The number of nitrogens with one attached hydrogen (secondary N) is 1. The van der Waals surface area contributed by atoms with Crippen molar-refractivity contribution in [1.29, 1.82) is 0 Å². The van der Waals surface area contributed by atoms with Gasteiger partial charge >= 0.3 is 6.01 Å². The van der Waals surface area contributed by atoms with E-state index in [0.717, 1.165) is 23.3 Å². The number of hydrogen-bond acceptors (Lipinski definition) is 6. The Hall–Kier alpha value is -3.66. The summed E-state index contributed by atoms with van der Waals surface area (Å²) in [5, 5.41) is 6.73. The molecule has 0 bridgehead atoms. The maximum Gasteiger partial charge on any atom is 0.316 e. The van der Waals surface area contributed by atoms with E-state index in [-0.39, 0.29) is 24.6 Å². The lowest BCUT2D eigenvalue weighted by Gasteiger charge is -2.12. The van der Waals surface area contributed by atoms with Crippen molar-refractivity contribution in [3.05, 3.63) is 70.9 Å². The van der Waals surface area contributed by atoms with Gasteiger partial charge in [0.25, 0.3) is 0 Å². The molecular formula is C22H22N4O3. The number of rotatable bonds is 6. The summed E-state index contributed by atoms with van der Waals surface area (Å²) in [5.41, 5.74) is 3.41. The van der Waals surface area contributed by atoms with Crippen LogP contribution in [0, 0.1) is 18.8 Å². The fourth-order valence-electron chi connectivity index (χ4n) is 2.70. The van der Waals surface area contributed by atoms with Crippen molar-refractivity contribution in [1.82, 2.24) is 20.4 Å². The largest absolute Gasteiger partial charge is 0.457 e. The number of carbonyl (C=O) groups excluding carboxylic acids is 1. The first-order valence-electron chi connectivity index (χ1n) is 9.23. The number of amides is 1. The molecule has 148 valence electrons. The minimum Gasteiger partial charge on any atom is -0.457 e. The van der Waals surface area contributed by atoms with Crippen LogP contribution in [0.1, 0.15) is 42.0 Å². The Balaban J connectivity index is 1.54. The molecule has 0 aliphatic rings. The third-order valence-electron chi connectivity index (χ3n) is 3.95. The van der Waals surface area contributed by atoms with Crippen LogP contribution in [0.2, 0.25) is 0 Å². The molecular weight excluding hydrogens is 368 g/mol. The van der Waals surface area contributed by atoms with Crippen LogP contribution in [-0.4, -0.2) is 27.1 Å². The van der Waals surface area contributed by atoms with Crippen LogP contribution in [0.4, 0.5) is 0 Å². The molecule has 1 aromatic carbocycles. The molecule has 1 unspecified atom stereocenters. The minimum atomic E-state index is -0.0214. The molecule has 0 fully saturated rings. The number of hydrogen-bond donors (Lipinski definition) is 1. The Morgan fingerprint density at radius 3 is 2.48 bits per heavy atom. The van der Waals surface area contributed by atoms with Gasteiger partial charge in [0, 0.05) is 37.0 Å². The summed E-state index contributed by atoms with van der Waals surface area (Å²) in [6, 6.07) is 10.1. The average Bonchev–Trinajstić information content (AvgIpc) is 3.11. The highest BCUT2D eigenvalue weighted by Crippen LogP contribution is 2.09. The number of ether oxygens (including phenoxy) is 1.